The van der Waals surface area contributed by atoms with Crippen LogP contribution in [0.25, 0.3) is 38.1 Å². The standard InChI is InChI=1S/C32H24N4O3S/c1-39-24-16-14-23(15-17-24)36-31(38)27-12-6-7-13-29(27)34-32(36)40-20-30(37)35-33-19-28-25-10-4-2-8-21(25)18-22-9-3-5-11-26(22)28/h2-19H,20H2,1H3,(H,35,37). The Kier molecular flexibility index (Phi) is 6.99. The van der Waals surface area contributed by atoms with Gasteiger partial charge in [-0.25, -0.2) is 10.4 Å². The summed E-state index contributed by atoms with van der Waals surface area (Å²) in [6.07, 6.45) is 1.69. The van der Waals surface area contributed by atoms with Gasteiger partial charge < -0.3 is 4.74 Å². The molecule has 7 nitrogen and oxygen atoms in total. The second kappa shape index (κ2) is 11.0. The van der Waals surface area contributed by atoms with E-state index in [1.165, 1.54) is 16.3 Å². The second-order valence-corrected chi connectivity index (χ2v) is 10.0. The quantitative estimate of drug-likeness (QED) is 0.0884. The van der Waals surface area contributed by atoms with Crippen molar-refractivity contribution in [2.24, 2.45) is 5.10 Å². The highest BCUT2D eigenvalue weighted by molar-refractivity contribution is 7.99. The molecule has 0 atom stereocenters. The summed E-state index contributed by atoms with van der Waals surface area (Å²) in [6, 6.07) is 32.7. The summed E-state index contributed by atoms with van der Waals surface area (Å²) in [6.45, 7) is 0. The lowest BCUT2D eigenvalue weighted by atomic mass is 9.97. The molecule has 0 fully saturated rings. The number of nitrogens with zero attached hydrogens (tertiary/aromatic N) is 3. The molecule has 5 aromatic carbocycles. The number of nitrogens with one attached hydrogen (secondary N) is 1. The van der Waals surface area contributed by atoms with Crippen LogP contribution in [0.15, 0.2) is 118 Å². The van der Waals surface area contributed by atoms with Crippen molar-refractivity contribution in [1.29, 1.82) is 0 Å². The van der Waals surface area contributed by atoms with E-state index in [2.05, 4.69) is 28.7 Å². The van der Waals surface area contributed by atoms with Crippen LogP contribution in [0.2, 0.25) is 0 Å². The van der Waals surface area contributed by atoms with Crippen molar-refractivity contribution < 1.29 is 9.53 Å². The Balaban J connectivity index is 1.26. The fourth-order valence-electron chi connectivity index (χ4n) is 4.69. The zero-order chi connectivity index (χ0) is 27.5. The molecule has 6 aromatic rings. The average molecular weight is 545 g/mol. The maximum atomic E-state index is 13.4. The van der Waals surface area contributed by atoms with Crippen molar-refractivity contribution in [3.63, 3.8) is 0 Å². The minimum Gasteiger partial charge on any atom is -0.497 e. The van der Waals surface area contributed by atoms with Gasteiger partial charge in [-0.3, -0.25) is 14.2 Å². The number of fused-ring (bicyclic) bond motifs is 3. The summed E-state index contributed by atoms with van der Waals surface area (Å²) in [5, 5.41) is 9.50. The number of hydrogen-bond donors (Lipinski definition) is 1. The van der Waals surface area contributed by atoms with E-state index in [1.807, 2.05) is 42.5 Å². The third-order valence-corrected chi connectivity index (χ3v) is 7.54. The van der Waals surface area contributed by atoms with Gasteiger partial charge in [0.05, 0.1) is 35.7 Å². The first-order chi connectivity index (χ1) is 19.6. The molecular formula is C32H24N4O3S. The number of carbonyl (C=O) groups excluding carboxylic acids is 1. The van der Waals surface area contributed by atoms with Crippen LogP contribution in [-0.4, -0.2) is 34.5 Å². The highest BCUT2D eigenvalue weighted by Crippen LogP contribution is 2.27. The highest BCUT2D eigenvalue weighted by atomic mass is 32.2. The van der Waals surface area contributed by atoms with E-state index in [9.17, 15) is 9.59 Å². The molecule has 0 spiro atoms. The Bertz CT molecular complexity index is 1910. The van der Waals surface area contributed by atoms with Gasteiger partial charge in [-0.15, -0.1) is 0 Å². The topological polar surface area (TPSA) is 85.6 Å². The van der Waals surface area contributed by atoms with Gasteiger partial charge in [0.15, 0.2) is 5.16 Å². The van der Waals surface area contributed by atoms with Gasteiger partial charge in [-0.2, -0.15) is 5.10 Å². The smallest absolute Gasteiger partial charge is 0.266 e. The van der Waals surface area contributed by atoms with Gasteiger partial charge in [0.1, 0.15) is 5.75 Å². The fourth-order valence-corrected chi connectivity index (χ4v) is 5.49. The fraction of sp³-hybridized carbons (Fsp3) is 0.0625. The van der Waals surface area contributed by atoms with E-state index < -0.39 is 0 Å². The SMILES string of the molecule is COc1ccc(-n2c(SCC(=O)NN=Cc3c4ccccc4cc4ccccc34)nc3ccccc3c2=O)cc1. The summed E-state index contributed by atoms with van der Waals surface area (Å²) in [7, 11) is 1.59. The summed E-state index contributed by atoms with van der Waals surface area (Å²) < 4.78 is 6.78. The first-order valence-electron chi connectivity index (χ1n) is 12.6. The van der Waals surface area contributed by atoms with Crippen molar-refractivity contribution in [2.75, 3.05) is 12.9 Å². The molecular weight excluding hydrogens is 520 g/mol. The van der Waals surface area contributed by atoms with Gasteiger partial charge in [0, 0.05) is 5.56 Å². The Morgan fingerprint density at radius 2 is 1.52 bits per heavy atom. The Hall–Kier alpha value is -4.95. The molecule has 0 bridgehead atoms. The molecule has 196 valence electrons. The van der Waals surface area contributed by atoms with Gasteiger partial charge >= 0.3 is 0 Å². The predicted molar refractivity (Wildman–Crippen MR) is 162 cm³/mol. The second-order valence-electron chi connectivity index (χ2n) is 9.06. The Morgan fingerprint density at radius 1 is 0.900 bits per heavy atom. The Labute approximate surface area is 234 Å². The summed E-state index contributed by atoms with van der Waals surface area (Å²) >= 11 is 1.17. The molecule has 6 rings (SSSR count). The summed E-state index contributed by atoms with van der Waals surface area (Å²) in [4.78, 5) is 31.0. The number of hydrazone groups is 1. The van der Waals surface area contributed by atoms with Crippen molar-refractivity contribution in [3.05, 3.63) is 119 Å². The number of methoxy groups -OCH3 is 1. The molecule has 0 aliphatic rings. The van der Waals surface area contributed by atoms with Crippen LogP contribution < -0.4 is 15.7 Å². The van der Waals surface area contributed by atoms with Crippen LogP contribution in [0.5, 0.6) is 5.75 Å². The lowest BCUT2D eigenvalue weighted by Gasteiger charge is -2.13. The van der Waals surface area contributed by atoms with E-state index in [1.54, 1.807) is 55.8 Å². The van der Waals surface area contributed by atoms with Crippen LogP contribution in [0.1, 0.15) is 5.56 Å². The lowest BCUT2D eigenvalue weighted by Crippen LogP contribution is -2.24. The molecule has 1 amide bonds. The molecule has 0 unspecified atom stereocenters. The molecule has 0 saturated heterocycles. The first-order valence-corrected chi connectivity index (χ1v) is 13.6. The molecule has 1 heterocycles. The van der Waals surface area contributed by atoms with Crippen LogP contribution in [0, 0.1) is 0 Å². The molecule has 1 aromatic heterocycles. The lowest BCUT2D eigenvalue weighted by molar-refractivity contribution is -0.118. The van der Waals surface area contributed by atoms with Crippen molar-refractivity contribution >= 4 is 56.3 Å². The van der Waals surface area contributed by atoms with Gasteiger partial charge in [-0.05, 0) is 64.0 Å². The number of benzene rings is 5. The number of rotatable bonds is 7. The molecule has 40 heavy (non-hydrogen) atoms. The molecule has 0 aliphatic carbocycles. The zero-order valence-corrected chi connectivity index (χ0v) is 22.4. The van der Waals surface area contributed by atoms with Crippen LogP contribution in [-0.2, 0) is 4.79 Å². The third-order valence-electron chi connectivity index (χ3n) is 6.60. The Morgan fingerprint density at radius 3 is 2.20 bits per heavy atom. The van der Waals surface area contributed by atoms with Gasteiger partial charge in [0.25, 0.3) is 11.5 Å². The van der Waals surface area contributed by atoms with E-state index >= 15 is 0 Å². The third kappa shape index (κ3) is 4.92. The molecule has 1 N–H and O–H groups in total. The monoisotopic (exact) mass is 544 g/mol. The number of ether oxygens (including phenoxy) is 1. The summed E-state index contributed by atoms with van der Waals surface area (Å²) in [5.41, 5.74) is 4.57. The highest BCUT2D eigenvalue weighted by Gasteiger charge is 2.15. The van der Waals surface area contributed by atoms with Crippen LogP contribution in [0.3, 0.4) is 0 Å². The van der Waals surface area contributed by atoms with Gasteiger partial charge in [0.2, 0.25) is 0 Å². The first kappa shape index (κ1) is 25.3. The number of hydrogen-bond acceptors (Lipinski definition) is 6. The summed E-state index contributed by atoms with van der Waals surface area (Å²) in [5.74, 6) is 0.389. The van der Waals surface area contributed by atoms with Crippen molar-refractivity contribution in [3.8, 4) is 11.4 Å². The number of thioether (sulfide) groups is 1. The molecule has 8 heteroatoms. The molecule has 0 radical (unpaired) electrons. The number of para-hydroxylation sites is 1. The number of carbonyl (C=O) groups is 1. The predicted octanol–water partition coefficient (Wildman–Crippen LogP) is 5.94. The van der Waals surface area contributed by atoms with Crippen LogP contribution in [0.4, 0.5) is 0 Å². The maximum Gasteiger partial charge on any atom is 0.266 e. The van der Waals surface area contributed by atoms with Gasteiger partial charge in [-0.1, -0.05) is 72.4 Å². The van der Waals surface area contributed by atoms with E-state index in [-0.39, 0.29) is 17.2 Å². The van der Waals surface area contributed by atoms with Crippen LogP contribution >= 0.6 is 11.8 Å². The number of amides is 1. The molecule has 0 aliphatic heterocycles. The normalized spacial score (nSPS) is 11.4. The molecule has 0 saturated carbocycles. The zero-order valence-electron chi connectivity index (χ0n) is 21.6. The van der Waals surface area contributed by atoms with E-state index in [0.29, 0.717) is 27.5 Å². The minimum atomic E-state index is -0.311. The minimum absolute atomic E-state index is 0.0224. The van der Waals surface area contributed by atoms with E-state index in [0.717, 1.165) is 27.1 Å². The van der Waals surface area contributed by atoms with E-state index in [4.69, 9.17) is 9.72 Å². The largest absolute Gasteiger partial charge is 0.497 e. The van der Waals surface area contributed by atoms with Crippen molar-refractivity contribution in [1.82, 2.24) is 15.0 Å². The average Bonchev–Trinajstić information content (AvgIpc) is 3.00. The number of aromatic nitrogens is 2. The van der Waals surface area contributed by atoms with Crippen molar-refractivity contribution in [2.45, 2.75) is 5.16 Å². The maximum absolute atomic E-state index is 13.4.